The van der Waals surface area contributed by atoms with Crippen LogP contribution in [-0.4, -0.2) is 34.6 Å². The summed E-state index contributed by atoms with van der Waals surface area (Å²) in [7, 11) is 1.37. The Labute approximate surface area is 108 Å². The third-order valence-electron chi connectivity index (χ3n) is 2.30. The third kappa shape index (κ3) is 3.56. The molecule has 0 aliphatic carbocycles. The van der Waals surface area contributed by atoms with Crippen LogP contribution in [0.2, 0.25) is 0 Å². The quantitative estimate of drug-likeness (QED) is 0.769. The molecule has 2 N–H and O–H groups in total. The Morgan fingerprint density at radius 1 is 1.61 bits per heavy atom. The van der Waals surface area contributed by atoms with Crippen LogP contribution in [0.4, 0.5) is 5.13 Å². The highest BCUT2D eigenvalue weighted by Gasteiger charge is 2.07. The van der Waals surface area contributed by atoms with Crippen molar-refractivity contribution in [2.75, 3.05) is 19.0 Å². The fourth-order valence-corrected chi connectivity index (χ4v) is 2.15. The van der Waals surface area contributed by atoms with E-state index in [1.54, 1.807) is 12.4 Å². The van der Waals surface area contributed by atoms with Crippen LogP contribution in [-0.2, 0) is 22.4 Å². The Morgan fingerprint density at radius 2 is 2.50 bits per heavy atom. The fourth-order valence-electron chi connectivity index (χ4n) is 1.41. The first kappa shape index (κ1) is 12.6. The standard InChI is InChI=1S/C11H14N4O2S/c1-17-10(16)6-8-7-18-11(15-8)14-3-2-9-12-4-5-13-9/h4-5,7H,2-3,6H2,1H3,(H,12,13)(H,14,15). The molecule has 6 nitrogen and oxygen atoms in total. The molecule has 0 radical (unpaired) electrons. The third-order valence-corrected chi connectivity index (χ3v) is 3.15. The molecule has 2 aromatic rings. The summed E-state index contributed by atoms with van der Waals surface area (Å²) >= 11 is 1.48. The van der Waals surface area contributed by atoms with Crippen LogP contribution >= 0.6 is 11.3 Å². The number of anilines is 1. The molecule has 0 saturated heterocycles. The number of carbonyl (C=O) groups is 1. The molecule has 2 rings (SSSR count). The Kier molecular flexibility index (Phi) is 4.30. The Morgan fingerprint density at radius 3 is 3.22 bits per heavy atom. The first-order valence-electron chi connectivity index (χ1n) is 5.51. The number of nitrogens with one attached hydrogen (secondary N) is 2. The minimum atomic E-state index is -0.276. The van der Waals surface area contributed by atoms with Crippen molar-refractivity contribution in [1.29, 1.82) is 0 Å². The lowest BCUT2D eigenvalue weighted by molar-refractivity contribution is -0.139. The van der Waals surface area contributed by atoms with Gasteiger partial charge in [0.15, 0.2) is 5.13 Å². The number of imidazole rings is 1. The van der Waals surface area contributed by atoms with E-state index >= 15 is 0 Å². The van der Waals surface area contributed by atoms with E-state index in [9.17, 15) is 4.79 Å². The van der Waals surface area contributed by atoms with Crippen molar-refractivity contribution in [1.82, 2.24) is 15.0 Å². The molecule has 0 aliphatic heterocycles. The largest absolute Gasteiger partial charge is 0.469 e. The number of carbonyl (C=O) groups excluding carboxylic acids is 1. The van der Waals surface area contributed by atoms with Crippen molar-refractivity contribution in [2.45, 2.75) is 12.8 Å². The first-order chi connectivity index (χ1) is 8.78. The van der Waals surface area contributed by atoms with E-state index in [-0.39, 0.29) is 12.4 Å². The molecule has 0 saturated carbocycles. The number of nitrogens with zero attached hydrogens (tertiary/aromatic N) is 2. The van der Waals surface area contributed by atoms with E-state index in [1.165, 1.54) is 18.4 Å². The van der Waals surface area contributed by atoms with Crippen molar-refractivity contribution in [3.63, 3.8) is 0 Å². The van der Waals surface area contributed by atoms with Gasteiger partial charge in [0.25, 0.3) is 0 Å². The lowest BCUT2D eigenvalue weighted by Gasteiger charge is -2.00. The predicted octanol–water partition coefficient (Wildman–Crippen LogP) is 1.24. The first-order valence-corrected chi connectivity index (χ1v) is 6.39. The number of esters is 1. The maximum Gasteiger partial charge on any atom is 0.311 e. The average Bonchev–Trinajstić information content (AvgIpc) is 3.01. The van der Waals surface area contributed by atoms with Gasteiger partial charge >= 0.3 is 5.97 Å². The summed E-state index contributed by atoms with van der Waals surface area (Å²) in [5.74, 6) is 0.663. The van der Waals surface area contributed by atoms with E-state index in [0.29, 0.717) is 0 Å². The summed E-state index contributed by atoms with van der Waals surface area (Å²) in [5, 5.41) is 5.85. The number of thiazole rings is 1. The lowest BCUT2D eigenvalue weighted by Crippen LogP contribution is -2.07. The van der Waals surface area contributed by atoms with Gasteiger partial charge < -0.3 is 15.0 Å². The number of ether oxygens (including phenoxy) is 1. The highest BCUT2D eigenvalue weighted by atomic mass is 32.1. The van der Waals surface area contributed by atoms with Crippen molar-refractivity contribution in [3.8, 4) is 0 Å². The molecule has 96 valence electrons. The second-order valence-corrected chi connectivity index (χ2v) is 4.47. The maximum atomic E-state index is 11.1. The van der Waals surface area contributed by atoms with Crippen LogP contribution in [0.25, 0.3) is 0 Å². The predicted molar refractivity (Wildman–Crippen MR) is 68.6 cm³/mol. The minimum Gasteiger partial charge on any atom is -0.469 e. The Bertz CT molecular complexity index is 495. The topological polar surface area (TPSA) is 79.9 Å². The van der Waals surface area contributed by atoms with E-state index in [4.69, 9.17) is 0 Å². The van der Waals surface area contributed by atoms with Gasteiger partial charge in [0.2, 0.25) is 0 Å². The maximum absolute atomic E-state index is 11.1. The van der Waals surface area contributed by atoms with Gasteiger partial charge in [-0.2, -0.15) is 0 Å². The van der Waals surface area contributed by atoms with E-state index in [1.807, 2.05) is 5.38 Å². The Balaban J connectivity index is 1.78. The zero-order valence-corrected chi connectivity index (χ0v) is 10.8. The molecule has 0 bridgehead atoms. The summed E-state index contributed by atoms with van der Waals surface area (Å²) in [6.45, 7) is 0.749. The number of aromatic nitrogens is 3. The van der Waals surface area contributed by atoms with Crippen molar-refractivity contribution < 1.29 is 9.53 Å². The summed E-state index contributed by atoms with van der Waals surface area (Å²) < 4.78 is 4.59. The van der Waals surface area contributed by atoms with Crippen LogP contribution in [0.1, 0.15) is 11.5 Å². The zero-order valence-electron chi connectivity index (χ0n) is 9.97. The van der Waals surface area contributed by atoms with Gasteiger partial charge in [-0.15, -0.1) is 11.3 Å². The zero-order chi connectivity index (χ0) is 12.8. The monoisotopic (exact) mass is 266 g/mol. The molecular formula is C11H14N4O2S. The molecule has 0 aromatic carbocycles. The van der Waals surface area contributed by atoms with Crippen molar-refractivity contribution >= 4 is 22.4 Å². The van der Waals surface area contributed by atoms with Crippen LogP contribution in [0.15, 0.2) is 17.8 Å². The number of rotatable bonds is 6. The molecular weight excluding hydrogens is 252 g/mol. The van der Waals surface area contributed by atoms with Crippen LogP contribution in [0, 0.1) is 0 Å². The summed E-state index contributed by atoms with van der Waals surface area (Å²) in [6, 6.07) is 0. The normalized spacial score (nSPS) is 10.3. The molecule has 2 heterocycles. The summed E-state index contributed by atoms with van der Waals surface area (Å²) in [4.78, 5) is 22.5. The SMILES string of the molecule is COC(=O)Cc1csc(NCCc2ncc[nH]2)n1. The van der Waals surface area contributed by atoms with E-state index in [2.05, 4.69) is 25.0 Å². The Hall–Kier alpha value is -1.89. The number of hydrogen-bond acceptors (Lipinski definition) is 6. The van der Waals surface area contributed by atoms with Crippen LogP contribution < -0.4 is 5.32 Å². The highest BCUT2D eigenvalue weighted by molar-refractivity contribution is 7.13. The summed E-state index contributed by atoms with van der Waals surface area (Å²) in [6.07, 6.45) is 4.55. The summed E-state index contributed by atoms with van der Waals surface area (Å²) in [5.41, 5.74) is 0.729. The molecule has 2 aromatic heterocycles. The van der Waals surface area contributed by atoms with Gasteiger partial charge in [0.1, 0.15) is 5.82 Å². The van der Waals surface area contributed by atoms with Crippen molar-refractivity contribution in [2.24, 2.45) is 0 Å². The molecule has 18 heavy (non-hydrogen) atoms. The number of methoxy groups -OCH3 is 1. The molecule has 0 unspecified atom stereocenters. The van der Waals surface area contributed by atoms with E-state index in [0.717, 1.165) is 29.6 Å². The van der Waals surface area contributed by atoms with Gasteiger partial charge in [-0.25, -0.2) is 9.97 Å². The minimum absolute atomic E-state index is 0.215. The molecule has 0 spiro atoms. The van der Waals surface area contributed by atoms with Gasteiger partial charge in [0.05, 0.1) is 19.2 Å². The highest BCUT2D eigenvalue weighted by Crippen LogP contribution is 2.15. The molecule has 0 atom stereocenters. The molecule has 7 heteroatoms. The lowest BCUT2D eigenvalue weighted by atomic mass is 10.3. The smallest absolute Gasteiger partial charge is 0.311 e. The number of aromatic amines is 1. The number of hydrogen-bond donors (Lipinski definition) is 2. The van der Waals surface area contributed by atoms with Gasteiger partial charge in [-0.1, -0.05) is 0 Å². The second kappa shape index (κ2) is 6.15. The van der Waals surface area contributed by atoms with Crippen LogP contribution in [0.3, 0.4) is 0 Å². The molecule has 0 fully saturated rings. The van der Waals surface area contributed by atoms with Gasteiger partial charge in [-0.3, -0.25) is 4.79 Å². The van der Waals surface area contributed by atoms with Gasteiger partial charge in [0, 0.05) is 30.7 Å². The fraction of sp³-hybridized carbons (Fsp3) is 0.364. The molecule has 0 aliphatic rings. The van der Waals surface area contributed by atoms with Crippen molar-refractivity contribution in [3.05, 3.63) is 29.3 Å². The van der Waals surface area contributed by atoms with Crippen LogP contribution in [0.5, 0.6) is 0 Å². The number of H-pyrrole nitrogens is 1. The second-order valence-electron chi connectivity index (χ2n) is 3.61. The molecule has 0 amide bonds. The van der Waals surface area contributed by atoms with Gasteiger partial charge in [-0.05, 0) is 0 Å². The average molecular weight is 266 g/mol. The van der Waals surface area contributed by atoms with E-state index < -0.39 is 0 Å².